The van der Waals surface area contributed by atoms with Gasteiger partial charge in [0.05, 0.1) is 0 Å². The van der Waals surface area contributed by atoms with Crippen LogP contribution in [-0.2, 0) is 53.0 Å². The van der Waals surface area contributed by atoms with Crippen LogP contribution in [0.3, 0.4) is 0 Å². The minimum Gasteiger partial charge on any atom is -0.443 e. The fraction of sp³-hybridized carbons (Fsp3) is 0.511. The summed E-state index contributed by atoms with van der Waals surface area (Å²) in [6.07, 6.45) is 3.33. The van der Waals surface area contributed by atoms with E-state index in [9.17, 15) is 43.2 Å². The first-order chi connectivity index (χ1) is 29.3. The maximum atomic E-state index is 13.5. The van der Waals surface area contributed by atoms with Crippen LogP contribution in [0, 0.1) is 11.8 Å². The normalized spacial score (nSPS) is 19.1. The molecule has 0 bridgehead atoms. The molecule has 0 radical (unpaired) electrons. The predicted octanol–water partition coefficient (Wildman–Crippen LogP) is 6.40. The third-order valence-electron chi connectivity index (χ3n) is 11.1. The highest BCUT2D eigenvalue weighted by Gasteiger charge is 2.48. The quantitative estimate of drug-likeness (QED) is 0.139. The molecule has 328 valence electrons. The lowest BCUT2D eigenvalue weighted by Crippen LogP contribution is -2.57. The monoisotopic (exact) mass is 850 g/mol. The summed E-state index contributed by atoms with van der Waals surface area (Å²) in [6, 6.07) is 8.47. The van der Waals surface area contributed by atoms with E-state index in [1.54, 1.807) is 65.8 Å². The average Bonchev–Trinajstić information content (AvgIpc) is 3.69. The number of carbonyl (C=O) groups excluding carboxylic acids is 9. The number of benzene rings is 2. The van der Waals surface area contributed by atoms with Gasteiger partial charge in [-0.15, -0.1) is 0 Å². The number of carbonyl (C=O) groups is 9. The first kappa shape index (κ1) is 45.4. The zero-order chi connectivity index (χ0) is 45.1. The van der Waals surface area contributed by atoms with E-state index >= 15 is 0 Å². The van der Waals surface area contributed by atoms with Crippen LogP contribution in [0.25, 0.3) is 0 Å². The molecule has 0 aromatic heterocycles. The zero-order valence-electron chi connectivity index (χ0n) is 36.3. The van der Waals surface area contributed by atoms with Crippen molar-refractivity contribution in [1.82, 2.24) is 19.6 Å². The Balaban J connectivity index is 0.938. The van der Waals surface area contributed by atoms with E-state index in [4.69, 9.17) is 9.47 Å². The highest BCUT2D eigenvalue weighted by Crippen LogP contribution is 2.34. The van der Waals surface area contributed by atoms with Crippen LogP contribution in [0.2, 0.25) is 0 Å². The number of imide groups is 6. The van der Waals surface area contributed by atoms with Crippen LogP contribution >= 0.6 is 0 Å². The maximum Gasteiger partial charge on any atom is 0.424 e. The Hall–Kier alpha value is -6.17. The fourth-order valence-electron chi connectivity index (χ4n) is 8.20. The molecule has 2 fully saturated rings. The van der Waals surface area contributed by atoms with Crippen LogP contribution < -0.4 is 0 Å². The molecule has 2 unspecified atom stereocenters. The van der Waals surface area contributed by atoms with Crippen LogP contribution in [-0.4, -0.2) is 96.3 Å². The molecule has 4 heterocycles. The number of hydrogen-bond acceptors (Lipinski definition) is 11. The summed E-state index contributed by atoms with van der Waals surface area (Å²) in [4.78, 5) is 121. The molecule has 4 aliphatic rings. The van der Waals surface area contributed by atoms with E-state index in [2.05, 4.69) is 11.8 Å². The predicted molar refractivity (Wildman–Crippen MR) is 223 cm³/mol. The van der Waals surface area contributed by atoms with E-state index in [-0.39, 0.29) is 62.8 Å². The zero-order valence-corrected chi connectivity index (χ0v) is 36.3. The number of piperidine rings is 2. The van der Waals surface area contributed by atoms with Crippen molar-refractivity contribution >= 4 is 53.4 Å². The fourth-order valence-corrected chi connectivity index (χ4v) is 8.20. The lowest BCUT2D eigenvalue weighted by atomic mass is 9.97. The van der Waals surface area contributed by atoms with Gasteiger partial charge in [0.2, 0.25) is 11.8 Å². The van der Waals surface area contributed by atoms with E-state index in [0.29, 0.717) is 56.9 Å². The Labute approximate surface area is 361 Å². The standard InChI is InChI=1S/C47H54N4O11/c1-46(2,3)61-44(59)50-38(53)24-22-36(42(50)57)48-27-34-29(17-14-20-32(34)40(48)55)16-12-10-8-7-9-11-13-19-31(52)26-30-18-15-21-33-35(30)28-49(41(33)56)37-23-25-39(54)51(43(37)58)45(60)62-47(4,5)6/h14-15,17-18,20-21,36-37H,7-11,13,19,22-28H2,1-6H3. The minimum absolute atomic E-state index is 0.0414. The number of unbranched alkanes of at least 4 members (excludes halogenated alkanes) is 5. The molecule has 0 N–H and O–H groups in total. The van der Waals surface area contributed by atoms with E-state index in [0.717, 1.165) is 31.2 Å². The molecule has 0 spiro atoms. The Morgan fingerprint density at radius 3 is 1.68 bits per heavy atom. The molecule has 15 nitrogen and oxygen atoms in total. The average molecular weight is 851 g/mol. The molecule has 2 atom stereocenters. The minimum atomic E-state index is -1.06. The second-order valence-corrected chi connectivity index (χ2v) is 18.1. The summed E-state index contributed by atoms with van der Waals surface area (Å²) in [7, 11) is 0. The van der Waals surface area contributed by atoms with Gasteiger partial charge in [-0.25, -0.2) is 9.59 Å². The number of likely N-dealkylation sites (tertiary alicyclic amines) is 2. The Morgan fingerprint density at radius 2 is 1.13 bits per heavy atom. The van der Waals surface area contributed by atoms with Crippen molar-refractivity contribution in [2.75, 3.05) is 0 Å². The molecule has 2 saturated heterocycles. The van der Waals surface area contributed by atoms with Gasteiger partial charge in [0.1, 0.15) is 29.1 Å². The summed E-state index contributed by atoms with van der Waals surface area (Å²) in [5.74, 6) is 2.81. The summed E-state index contributed by atoms with van der Waals surface area (Å²) < 4.78 is 10.6. The summed E-state index contributed by atoms with van der Waals surface area (Å²) in [5, 5.41) is 0. The van der Waals surface area contributed by atoms with Crippen molar-refractivity contribution in [3.05, 3.63) is 69.8 Å². The highest BCUT2D eigenvalue weighted by atomic mass is 16.6. The third-order valence-corrected chi connectivity index (χ3v) is 11.1. The molecule has 0 saturated carbocycles. The van der Waals surface area contributed by atoms with Gasteiger partial charge in [0.15, 0.2) is 0 Å². The maximum absolute atomic E-state index is 13.5. The first-order valence-corrected chi connectivity index (χ1v) is 21.3. The van der Waals surface area contributed by atoms with Gasteiger partial charge in [-0.1, -0.05) is 49.3 Å². The summed E-state index contributed by atoms with van der Waals surface area (Å²) in [6.45, 7) is 10.0. The van der Waals surface area contributed by atoms with E-state index in [1.807, 2.05) is 12.1 Å². The Kier molecular flexibility index (Phi) is 13.5. The number of ether oxygens (including phenoxy) is 2. The van der Waals surface area contributed by atoms with Gasteiger partial charge in [0.25, 0.3) is 23.6 Å². The molecule has 2 aromatic rings. The second-order valence-electron chi connectivity index (χ2n) is 18.1. The van der Waals surface area contributed by atoms with Gasteiger partial charge in [-0.3, -0.25) is 33.6 Å². The molecule has 2 aromatic carbocycles. The van der Waals surface area contributed by atoms with Crippen molar-refractivity contribution in [3.63, 3.8) is 0 Å². The van der Waals surface area contributed by atoms with Gasteiger partial charge in [-0.05, 0) is 102 Å². The number of hydrogen-bond donors (Lipinski definition) is 0. The van der Waals surface area contributed by atoms with Gasteiger partial charge >= 0.3 is 12.2 Å². The van der Waals surface area contributed by atoms with Gasteiger partial charge in [-0.2, -0.15) is 9.80 Å². The third kappa shape index (κ3) is 10.1. The van der Waals surface area contributed by atoms with Gasteiger partial charge in [0, 0.05) is 61.9 Å². The molecular weight excluding hydrogens is 797 g/mol. The van der Waals surface area contributed by atoms with Crippen molar-refractivity contribution in [2.45, 2.75) is 155 Å². The summed E-state index contributed by atoms with van der Waals surface area (Å²) in [5.41, 5.74) is 1.79. The number of amides is 8. The molecule has 15 heteroatoms. The molecule has 0 aliphatic carbocycles. The van der Waals surface area contributed by atoms with Crippen LogP contribution in [0.15, 0.2) is 36.4 Å². The van der Waals surface area contributed by atoms with Gasteiger partial charge < -0.3 is 19.3 Å². The van der Waals surface area contributed by atoms with Crippen LogP contribution in [0.4, 0.5) is 9.59 Å². The number of ketones is 1. The Bertz CT molecular complexity index is 2270. The SMILES string of the molecule is CC(C)(C)OC(=O)N1C(=O)CCC(N2Cc3c(C#CCCCCCCCC(=O)Cc4cccc5c4CN(C4CCC(=O)N(C(=O)OC(C)(C)C)C4=O)C5=O)cccc3C2=O)C1=O. The number of rotatable bonds is 11. The lowest BCUT2D eigenvalue weighted by molar-refractivity contribution is -0.152. The Morgan fingerprint density at radius 1 is 0.645 bits per heavy atom. The largest absolute Gasteiger partial charge is 0.443 e. The van der Waals surface area contributed by atoms with Crippen molar-refractivity contribution < 1.29 is 52.6 Å². The summed E-state index contributed by atoms with van der Waals surface area (Å²) >= 11 is 0. The number of Topliss-reactive ketones (excluding diaryl/α,β-unsaturated/α-hetero) is 1. The molecular formula is C47H54N4O11. The second kappa shape index (κ2) is 18.4. The van der Waals surface area contributed by atoms with E-state index in [1.165, 1.54) is 9.80 Å². The molecule has 62 heavy (non-hydrogen) atoms. The first-order valence-electron chi connectivity index (χ1n) is 21.3. The number of nitrogens with zero attached hydrogens (tertiary/aromatic N) is 4. The smallest absolute Gasteiger partial charge is 0.424 e. The van der Waals surface area contributed by atoms with E-state index < -0.39 is 59.1 Å². The molecule has 6 rings (SSSR count). The van der Waals surface area contributed by atoms with Crippen molar-refractivity contribution in [3.8, 4) is 11.8 Å². The lowest BCUT2D eigenvalue weighted by Gasteiger charge is -2.35. The molecule has 4 aliphatic heterocycles. The highest BCUT2D eigenvalue weighted by molar-refractivity contribution is 6.14. The van der Waals surface area contributed by atoms with Crippen molar-refractivity contribution in [1.29, 1.82) is 0 Å². The molecule has 8 amide bonds. The van der Waals surface area contributed by atoms with Crippen LogP contribution in [0.1, 0.15) is 155 Å². The van der Waals surface area contributed by atoms with Crippen LogP contribution in [0.5, 0.6) is 0 Å². The topological polar surface area (TPSA) is 185 Å². The van der Waals surface area contributed by atoms with Crippen molar-refractivity contribution in [2.24, 2.45) is 0 Å². The number of fused-ring (bicyclic) bond motifs is 2.